The quantitative estimate of drug-likeness (QED) is 0.300. The molecule has 0 aromatic carbocycles. The van der Waals surface area contributed by atoms with Crippen molar-refractivity contribution in [2.45, 2.75) is 16.7 Å². The average Bonchev–Trinajstić information content (AvgIpc) is 3.05. The summed E-state index contributed by atoms with van der Waals surface area (Å²) in [5, 5.41) is 0. The molecule has 0 aromatic rings. The maximum Gasteiger partial charge on any atom is 0.329 e. The maximum absolute atomic E-state index is 15.2. The second-order valence-electron chi connectivity index (χ2n) is 6.34. The third-order valence-corrected chi connectivity index (χ3v) is 4.84. The fourth-order valence-corrected chi connectivity index (χ4v) is 3.41. The molecule has 0 saturated carbocycles. The van der Waals surface area contributed by atoms with Crippen molar-refractivity contribution in [1.29, 1.82) is 0 Å². The zero-order chi connectivity index (χ0) is 24.0. The first-order valence-corrected chi connectivity index (χ1v) is 7.45. The van der Waals surface area contributed by atoms with E-state index in [0.29, 0.717) is 0 Å². The van der Waals surface area contributed by atoms with Gasteiger partial charge in [0, 0.05) is 0 Å². The molecule has 0 fully saturated rings. The fraction of sp³-hybridized carbons (Fsp3) is 0.200. The van der Waals surface area contributed by atoms with Gasteiger partial charge in [0.05, 0.1) is 0 Å². The second-order valence-corrected chi connectivity index (χ2v) is 6.34. The molecular formula is C15BF15. The number of alkyl halides is 3. The lowest BCUT2D eigenvalue weighted by atomic mass is 9.23. The molecule has 3 rings (SSSR count). The topological polar surface area (TPSA) is 0 Å². The molecule has 0 amide bonds. The highest BCUT2D eigenvalue weighted by atomic mass is 19.2. The van der Waals surface area contributed by atoms with Gasteiger partial charge in [0.25, 0.3) is 0 Å². The Hall–Kier alpha value is -2.55. The molecule has 168 valence electrons. The van der Waals surface area contributed by atoms with Crippen LogP contribution in [0, 0.1) is 0 Å². The molecule has 0 aliphatic heterocycles. The average molecular weight is 476 g/mol. The summed E-state index contributed by atoms with van der Waals surface area (Å²) in [6, 6.07) is 0. The molecule has 0 bridgehead atoms. The van der Waals surface area contributed by atoms with Crippen LogP contribution >= 0.6 is 0 Å². The summed E-state index contributed by atoms with van der Waals surface area (Å²) in [5.41, 5.74) is -17.8. The predicted molar refractivity (Wildman–Crippen MR) is 72.7 cm³/mol. The molecule has 0 heterocycles. The van der Waals surface area contributed by atoms with Crippen LogP contribution in [-0.4, -0.2) is 23.4 Å². The summed E-state index contributed by atoms with van der Waals surface area (Å²) < 4.78 is 210. The molecule has 0 N–H and O–H groups in total. The van der Waals surface area contributed by atoms with Crippen LogP contribution in [-0.2, 0) is 0 Å². The molecule has 0 radical (unpaired) electrons. The van der Waals surface area contributed by atoms with Gasteiger partial charge in [0.2, 0.25) is 0 Å². The van der Waals surface area contributed by atoms with Crippen LogP contribution in [0.1, 0.15) is 0 Å². The third kappa shape index (κ3) is 2.33. The monoisotopic (exact) mass is 476 g/mol. The van der Waals surface area contributed by atoms with E-state index in [1.807, 2.05) is 0 Å². The van der Waals surface area contributed by atoms with Crippen molar-refractivity contribution in [3.05, 3.63) is 69.9 Å². The van der Waals surface area contributed by atoms with Crippen LogP contribution in [0.3, 0.4) is 0 Å². The van der Waals surface area contributed by atoms with Gasteiger partial charge in [0.15, 0.2) is 86.6 Å². The Labute approximate surface area is 160 Å². The normalized spacial score (nSPS) is 25.3. The lowest BCUT2D eigenvalue weighted by molar-refractivity contribution is 0.176. The van der Waals surface area contributed by atoms with Crippen molar-refractivity contribution < 1.29 is 65.9 Å². The highest BCUT2D eigenvalue weighted by molar-refractivity contribution is 6.73. The summed E-state index contributed by atoms with van der Waals surface area (Å²) in [6.07, 6.45) is 0. The van der Waals surface area contributed by atoms with Crippen molar-refractivity contribution in [3.63, 3.8) is 0 Å². The van der Waals surface area contributed by atoms with Gasteiger partial charge in [-0.15, -0.1) is 0 Å². The van der Waals surface area contributed by atoms with Crippen molar-refractivity contribution in [1.82, 2.24) is 0 Å². The molecule has 0 spiro atoms. The predicted octanol–water partition coefficient (Wildman–Crippen LogP) is 7.17. The fourth-order valence-electron chi connectivity index (χ4n) is 3.41. The van der Waals surface area contributed by atoms with E-state index in [-0.39, 0.29) is 0 Å². The van der Waals surface area contributed by atoms with Gasteiger partial charge in [-0.25, -0.2) is 65.9 Å². The Bertz CT molecular complexity index is 894. The summed E-state index contributed by atoms with van der Waals surface area (Å²) in [4.78, 5) is 0. The first-order chi connectivity index (χ1) is 14.0. The van der Waals surface area contributed by atoms with Crippen LogP contribution in [0.25, 0.3) is 0 Å². The lowest BCUT2D eigenvalue weighted by Crippen LogP contribution is -2.68. The van der Waals surface area contributed by atoms with Crippen LogP contribution < -0.4 is 0 Å². The van der Waals surface area contributed by atoms with Crippen molar-refractivity contribution in [2.75, 3.05) is 0 Å². The van der Waals surface area contributed by atoms with Crippen molar-refractivity contribution in [2.24, 2.45) is 0 Å². The summed E-state index contributed by atoms with van der Waals surface area (Å²) in [7, 11) is 0. The van der Waals surface area contributed by atoms with E-state index in [0.717, 1.165) is 0 Å². The zero-order valence-electron chi connectivity index (χ0n) is 13.7. The molecule has 0 saturated heterocycles. The Morgan fingerprint density at radius 2 is 0.452 bits per heavy atom. The number of rotatable bonds is 3. The van der Waals surface area contributed by atoms with Crippen molar-refractivity contribution in [3.8, 4) is 0 Å². The summed E-state index contributed by atoms with van der Waals surface area (Å²) in [5.74, 6) is -41.6. The number of allylic oxidation sites excluding steroid dienone is 12. The maximum atomic E-state index is 15.2. The number of hydrogen-bond acceptors (Lipinski definition) is 0. The SMILES string of the molecule is FC1=C(F)C(F)(B(C2(F)C(F)=C(F)C(F)=C2F)C2(F)C(F)=C(F)C(F)=C2F)C(F)=C1F. The van der Waals surface area contributed by atoms with E-state index in [1.54, 1.807) is 0 Å². The van der Waals surface area contributed by atoms with Crippen molar-refractivity contribution >= 4 is 6.71 Å². The zero-order valence-corrected chi connectivity index (χ0v) is 13.7. The van der Waals surface area contributed by atoms with E-state index in [2.05, 4.69) is 0 Å². The third-order valence-electron chi connectivity index (χ3n) is 4.84. The van der Waals surface area contributed by atoms with Gasteiger partial charge in [-0.2, -0.15) is 0 Å². The Kier molecular flexibility index (Phi) is 4.83. The van der Waals surface area contributed by atoms with E-state index in [9.17, 15) is 52.7 Å². The van der Waals surface area contributed by atoms with E-state index in [1.165, 1.54) is 0 Å². The Morgan fingerprint density at radius 1 is 0.323 bits per heavy atom. The minimum absolute atomic E-state index is 3.28. The molecule has 0 aromatic heterocycles. The van der Waals surface area contributed by atoms with Gasteiger partial charge in [-0.05, 0) is 0 Å². The van der Waals surface area contributed by atoms with E-state index >= 15 is 13.2 Å². The largest absolute Gasteiger partial charge is 0.329 e. The summed E-state index contributed by atoms with van der Waals surface area (Å²) in [6.45, 7) is -5.27. The van der Waals surface area contributed by atoms with Crippen LogP contribution in [0.4, 0.5) is 65.9 Å². The van der Waals surface area contributed by atoms with E-state index < -0.39 is 93.3 Å². The first kappa shape index (κ1) is 23.1. The first-order valence-electron chi connectivity index (χ1n) is 7.45. The highest BCUT2D eigenvalue weighted by Crippen LogP contribution is 2.63. The molecule has 16 heteroatoms. The molecule has 3 aliphatic carbocycles. The number of halogens is 15. The Balaban J connectivity index is 2.52. The minimum Gasteiger partial charge on any atom is -0.237 e. The smallest absolute Gasteiger partial charge is 0.237 e. The van der Waals surface area contributed by atoms with E-state index in [4.69, 9.17) is 0 Å². The summed E-state index contributed by atoms with van der Waals surface area (Å²) >= 11 is 0. The van der Waals surface area contributed by atoms with Crippen LogP contribution in [0.5, 0.6) is 0 Å². The van der Waals surface area contributed by atoms with Gasteiger partial charge in [0.1, 0.15) is 0 Å². The molecular weight excluding hydrogens is 476 g/mol. The van der Waals surface area contributed by atoms with Gasteiger partial charge >= 0.3 is 6.71 Å². The van der Waals surface area contributed by atoms with Gasteiger partial charge in [-0.1, -0.05) is 0 Å². The number of hydrogen-bond donors (Lipinski definition) is 0. The highest BCUT2D eigenvalue weighted by Gasteiger charge is 2.81. The van der Waals surface area contributed by atoms with Crippen LogP contribution in [0.15, 0.2) is 69.9 Å². The molecule has 0 atom stereocenters. The molecule has 3 aliphatic rings. The second kappa shape index (κ2) is 6.48. The molecule has 0 nitrogen and oxygen atoms in total. The Morgan fingerprint density at radius 3 is 0.581 bits per heavy atom. The van der Waals surface area contributed by atoms with Crippen LogP contribution in [0.2, 0.25) is 0 Å². The van der Waals surface area contributed by atoms with Gasteiger partial charge < -0.3 is 0 Å². The molecule has 0 unspecified atom stereocenters. The minimum atomic E-state index is -5.95. The molecule has 31 heavy (non-hydrogen) atoms. The lowest BCUT2D eigenvalue weighted by Gasteiger charge is -2.39. The van der Waals surface area contributed by atoms with Gasteiger partial charge in [-0.3, -0.25) is 0 Å². The standard InChI is InChI=1S/C15BF15/c17-1-2(18)8(24)13(29,7(1)23)16(14(30)9(25)3(19)4(20)10(14)26)15(31)11(27)5(21)6(22)12(15)28.